The lowest BCUT2D eigenvalue weighted by Gasteiger charge is -2.23. The molecule has 0 aliphatic rings. The molecule has 0 aromatic heterocycles. The Morgan fingerprint density at radius 2 is 0.896 bits per heavy atom. The SMILES string of the molecule is CCNC(=O)[C@H](C)CC(=O)Cc1ccc(-c2ccccc2)cc1.C[C@H](CC(=O)Cc1ccc(-c2ccccc2)cc1)C(=O)NC(C)(C)C. The van der Waals surface area contributed by atoms with E-state index in [4.69, 9.17) is 0 Å². The summed E-state index contributed by atoms with van der Waals surface area (Å²) in [6.07, 6.45) is 1.29. The van der Waals surface area contributed by atoms with E-state index < -0.39 is 0 Å². The van der Waals surface area contributed by atoms with Gasteiger partial charge >= 0.3 is 0 Å². The second-order valence-corrected chi connectivity index (χ2v) is 13.4. The van der Waals surface area contributed by atoms with E-state index >= 15 is 0 Å². The topological polar surface area (TPSA) is 92.3 Å². The summed E-state index contributed by atoms with van der Waals surface area (Å²) in [5, 5.41) is 5.67. The highest BCUT2D eigenvalue weighted by Gasteiger charge is 2.21. The number of amides is 2. The lowest BCUT2D eigenvalue weighted by Crippen LogP contribution is -2.43. The van der Waals surface area contributed by atoms with Crippen LogP contribution in [0.15, 0.2) is 109 Å². The summed E-state index contributed by atoms with van der Waals surface area (Å²) in [6.45, 7) is 11.9. The van der Waals surface area contributed by atoms with Crippen LogP contribution in [0.5, 0.6) is 0 Å². The summed E-state index contributed by atoms with van der Waals surface area (Å²) < 4.78 is 0. The predicted molar refractivity (Wildman–Crippen MR) is 195 cm³/mol. The van der Waals surface area contributed by atoms with E-state index in [-0.39, 0.29) is 53.6 Å². The molecule has 0 radical (unpaired) electrons. The van der Waals surface area contributed by atoms with Crippen LogP contribution in [-0.4, -0.2) is 35.5 Å². The molecule has 2 N–H and O–H groups in total. The lowest BCUT2D eigenvalue weighted by molar-refractivity contribution is -0.129. The highest BCUT2D eigenvalue weighted by molar-refractivity contribution is 5.88. The molecule has 48 heavy (non-hydrogen) atoms. The molecule has 0 fully saturated rings. The molecule has 4 aromatic rings. The largest absolute Gasteiger partial charge is 0.356 e. The number of Topliss-reactive ketones (excluding diaryl/α,β-unsaturated/α-hetero) is 2. The summed E-state index contributed by atoms with van der Waals surface area (Å²) in [4.78, 5) is 48.1. The average Bonchev–Trinajstić information content (AvgIpc) is 3.06. The number of benzene rings is 4. The van der Waals surface area contributed by atoms with Gasteiger partial charge in [-0.2, -0.15) is 0 Å². The maximum atomic E-state index is 12.3. The third-order valence-electron chi connectivity index (χ3n) is 7.74. The Hall–Kier alpha value is -4.84. The Bertz CT molecular complexity index is 1610. The molecule has 4 aromatic carbocycles. The Morgan fingerprint density at radius 3 is 1.25 bits per heavy atom. The van der Waals surface area contributed by atoms with Gasteiger partial charge in [0, 0.05) is 49.6 Å². The Kier molecular flexibility index (Phi) is 14.5. The summed E-state index contributed by atoms with van der Waals surface area (Å²) in [6, 6.07) is 36.4. The van der Waals surface area contributed by atoms with Crippen molar-refractivity contribution < 1.29 is 19.2 Å². The first-order chi connectivity index (χ1) is 22.8. The number of nitrogens with one attached hydrogen (secondary N) is 2. The van der Waals surface area contributed by atoms with Crippen LogP contribution in [0.1, 0.15) is 65.5 Å². The van der Waals surface area contributed by atoms with Crippen LogP contribution in [0.2, 0.25) is 0 Å². The molecule has 6 nitrogen and oxygen atoms in total. The van der Waals surface area contributed by atoms with Crippen molar-refractivity contribution in [1.82, 2.24) is 10.6 Å². The molecule has 252 valence electrons. The molecule has 0 aliphatic carbocycles. The first-order valence-electron chi connectivity index (χ1n) is 16.8. The molecule has 2 amide bonds. The van der Waals surface area contributed by atoms with Gasteiger partial charge < -0.3 is 10.6 Å². The molecule has 0 saturated heterocycles. The predicted octanol–water partition coefficient (Wildman–Crippen LogP) is 8.03. The van der Waals surface area contributed by atoms with Crippen LogP contribution in [0.25, 0.3) is 22.3 Å². The third kappa shape index (κ3) is 13.1. The van der Waals surface area contributed by atoms with Crippen molar-refractivity contribution in [2.75, 3.05) is 6.54 Å². The summed E-state index contributed by atoms with van der Waals surface area (Å²) in [7, 11) is 0. The number of hydrogen-bond donors (Lipinski definition) is 2. The molecule has 0 bridgehead atoms. The molecule has 0 unspecified atom stereocenters. The second kappa shape index (κ2) is 18.5. The van der Waals surface area contributed by atoms with Gasteiger partial charge in [0.25, 0.3) is 0 Å². The van der Waals surface area contributed by atoms with Gasteiger partial charge in [-0.05, 0) is 61.1 Å². The van der Waals surface area contributed by atoms with Gasteiger partial charge in [-0.3, -0.25) is 19.2 Å². The maximum Gasteiger partial charge on any atom is 0.223 e. The van der Waals surface area contributed by atoms with Crippen molar-refractivity contribution in [2.45, 2.75) is 72.8 Å². The van der Waals surface area contributed by atoms with Gasteiger partial charge in [-0.25, -0.2) is 0 Å². The van der Waals surface area contributed by atoms with Crippen LogP contribution < -0.4 is 10.6 Å². The molecule has 0 heterocycles. The smallest absolute Gasteiger partial charge is 0.223 e. The van der Waals surface area contributed by atoms with Crippen molar-refractivity contribution in [3.8, 4) is 22.3 Å². The molecule has 2 atom stereocenters. The van der Waals surface area contributed by atoms with Crippen molar-refractivity contribution in [3.05, 3.63) is 120 Å². The van der Waals surface area contributed by atoms with E-state index in [1.54, 1.807) is 13.8 Å². The molecule has 0 saturated carbocycles. The van der Waals surface area contributed by atoms with Crippen LogP contribution >= 0.6 is 0 Å². The average molecular weight is 647 g/mol. The highest BCUT2D eigenvalue weighted by Crippen LogP contribution is 2.21. The standard InChI is InChI=1S/C22H27NO2.C20H23NO2/c1-16(21(25)23-22(2,3)4)14-20(24)15-17-10-12-19(13-11-17)18-8-6-5-7-9-18;1-3-21-20(23)15(2)13-19(22)14-16-9-11-18(12-10-16)17-7-5-4-6-8-17/h5-13,16H,14-15H2,1-4H3,(H,23,25);4-12,15H,3,13-14H2,1-2H3,(H,21,23)/t16-;15-/m11/s1. The van der Waals surface area contributed by atoms with E-state index in [9.17, 15) is 19.2 Å². The first-order valence-corrected chi connectivity index (χ1v) is 16.8. The number of carbonyl (C=O) groups excluding carboxylic acids is 4. The van der Waals surface area contributed by atoms with Crippen LogP contribution in [0.4, 0.5) is 0 Å². The number of ketones is 2. The molecule has 6 heteroatoms. The number of rotatable bonds is 13. The van der Waals surface area contributed by atoms with Crippen molar-refractivity contribution in [2.24, 2.45) is 11.8 Å². The fourth-order valence-corrected chi connectivity index (χ4v) is 5.20. The van der Waals surface area contributed by atoms with Gasteiger partial charge in [0.2, 0.25) is 11.8 Å². The summed E-state index contributed by atoms with van der Waals surface area (Å²) in [5.41, 5.74) is 6.28. The summed E-state index contributed by atoms with van der Waals surface area (Å²) in [5.74, 6) is -0.526. The first kappa shape index (κ1) is 37.6. The summed E-state index contributed by atoms with van der Waals surface area (Å²) >= 11 is 0. The molecular weight excluding hydrogens is 596 g/mol. The lowest BCUT2D eigenvalue weighted by atomic mass is 9.96. The van der Waals surface area contributed by atoms with E-state index in [1.807, 2.05) is 113 Å². The fourth-order valence-electron chi connectivity index (χ4n) is 5.20. The number of hydrogen-bond acceptors (Lipinski definition) is 4. The van der Waals surface area contributed by atoms with Gasteiger partial charge in [0.05, 0.1) is 0 Å². The van der Waals surface area contributed by atoms with Crippen LogP contribution in [0.3, 0.4) is 0 Å². The minimum atomic E-state index is -0.310. The Labute approximate surface area is 286 Å². The third-order valence-corrected chi connectivity index (χ3v) is 7.74. The second-order valence-electron chi connectivity index (χ2n) is 13.4. The zero-order valence-corrected chi connectivity index (χ0v) is 29.2. The highest BCUT2D eigenvalue weighted by atomic mass is 16.2. The fraction of sp³-hybridized carbons (Fsp3) is 0.333. The van der Waals surface area contributed by atoms with E-state index in [1.165, 1.54) is 0 Å². The zero-order valence-electron chi connectivity index (χ0n) is 29.2. The molecular formula is C42H50N2O4. The minimum absolute atomic E-state index is 0.0553. The molecule has 4 rings (SSSR count). The van der Waals surface area contributed by atoms with Crippen molar-refractivity contribution in [1.29, 1.82) is 0 Å². The Balaban J connectivity index is 0.000000261. The van der Waals surface area contributed by atoms with Crippen molar-refractivity contribution in [3.63, 3.8) is 0 Å². The minimum Gasteiger partial charge on any atom is -0.356 e. The van der Waals surface area contributed by atoms with Gasteiger partial charge in [0.1, 0.15) is 11.6 Å². The number of carbonyl (C=O) groups is 4. The van der Waals surface area contributed by atoms with Gasteiger partial charge in [0.15, 0.2) is 0 Å². The van der Waals surface area contributed by atoms with Gasteiger partial charge in [-0.1, -0.05) is 123 Å². The van der Waals surface area contributed by atoms with E-state index in [0.29, 0.717) is 19.4 Å². The molecule has 0 spiro atoms. The Morgan fingerprint density at radius 1 is 0.542 bits per heavy atom. The van der Waals surface area contributed by atoms with Crippen LogP contribution in [0, 0.1) is 11.8 Å². The van der Waals surface area contributed by atoms with Gasteiger partial charge in [-0.15, -0.1) is 0 Å². The zero-order chi connectivity index (χ0) is 35.1. The van der Waals surface area contributed by atoms with E-state index in [2.05, 4.69) is 34.9 Å². The quantitative estimate of drug-likeness (QED) is 0.154. The van der Waals surface area contributed by atoms with Crippen molar-refractivity contribution >= 4 is 23.4 Å². The van der Waals surface area contributed by atoms with E-state index in [0.717, 1.165) is 33.4 Å². The molecule has 0 aliphatic heterocycles. The van der Waals surface area contributed by atoms with Crippen LogP contribution in [-0.2, 0) is 32.0 Å². The monoisotopic (exact) mass is 646 g/mol. The normalized spacial score (nSPS) is 12.1. The maximum absolute atomic E-state index is 12.3.